The first-order valence-corrected chi connectivity index (χ1v) is 11.0. The molecule has 0 aliphatic carbocycles. The number of morpholine rings is 1. The topological polar surface area (TPSA) is 61.9 Å². The van der Waals surface area contributed by atoms with Crippen LogP contribution >= 0.6 is 0 Å². The van der Waals surface area contributed by atoms with Crippen LogP contribution in [0.3, 0.4) is 0 Å². The normalized spacial score (nSPS) is 17.7. The number of hydrogen-bond donors (Lipinski definition) is 1. The van der Waals surface area contributed by atoms with Crippen LogP contribution in [0.2, 0.25) is 0 Å². The molecule has 0 aromatic heterocycles. The number of hydrogen-bond acceptors (Lipinski definition) is 4. The van der Waals surface area contributed by atoms with Crippen LogP contribution in [0.1, 0.15) is 28.8 Å². The van der Waals surface area contributed by atoms with Crippen LogP contribution in [0.25, 0.3) is 0 Å². The molecule has 1 N–H and O–H groups in total. The molecule has 0 atom stereocenters. The van der Waals surface area contributed by atoms with Crippen LogP contribution < -0.4 is 10.2 Å². The molecule has 2 saturated heterocycles. The first-order chi connectivity index (χ1) is 15.8. The van der Waals surface area contributed by atoms with E-state index in [1.807, 2.05) is 24.3 Å². The number of halogens is 3. The van der Waals surface area contributed by atoms with Crippen molar-refractivity contribution in [1.29, 1.82) is 0 Å². The van der Waals surface area contributed by atoms with Crippen LogP contribution in [-0.4, -0.2) is 56.1 Å². The van der Waals surface area contributed by atoms with Gasteiger partial charge in [0.25, 0.3) is 5.91 Å². The second-order valence-corrected chi connectivity index (χ2v) is 8.28. The minimum Gasteiger partial charge on any atom is -0.378 e. The van der Waals surface area contributed by atoms with Gasteiger partial charge in [-0.25, -0.2) is 0 Å². The first-order valence-electron chi connectivity index (χ1n) is 11.0. The van der Waals surface area contributed by atoms with Crippen molar-refractivity contribution in [2.45, 2.75) is 19.0 Å². The van der Waals surface area contributed by atoms with Crippen molar-refractivity contribution in [2.75, 3.05) is 49.6 Å². The number of alkyl halides is 3. The van der Waals surface area contributed by atoms with Crippen molar-refractivity contribution in [2.24, 2.45) is 5.92 Å². The van der Waals surface area contributed by atoms with Crippen molar-refractivity contribution >= 4 is 23.2 Å². The average Bonchev–Trinajstić information content (AvgIpc) is 2.84. The number of piperidine rings is 1. The number of nitrogens with one attached hydrogen (secondary N) is 1. The Morgan fingerprint density at radius 2 is 1.48 bits per heavy atom. The Morgan fingerprint density at radius 1 is 0.879 bits per heavy atom. The predicted octanol–water partition coefficient (Wildman–Crippen LogP) is 4.03. The Labute approximate surface area is 190 Å². The van der Waals surface area contributed by atoms with Gasteiger partial charge in [-0.2, -0.15) is 13.2 Å². The molecule has 2 aromatic carbocycles. The SMILES string of the molecule is O=C(Nc1ccc(N2CCOCC2)cc1)C1CCN(C(=O)c2ccc(C(F)(F)F)cc2)CC1. The molecular weight excluding hydrogens is 435 g/mol. The summed E-state index contributed by atoms with van der Waals surface area (Å²) in [5.74, 6) is -0.627. The van der Waals surface area contributed by atoms with Gasteiger partial charge in [0.2, 0.25) is 5.91 Å². The van der Waals surface area contributed by atoms with Gasteiger partial charge in [0, 0.05) is 49.0 Å². The van der Waals surface area contributed by atoms with Crippen LogP contribution in [-0.2, 0) is 15.7 Å². The lowest BCUT2D eigenvalue weighted by atomic mass is 9.95. The molecule has 2 fully saturated rings. The van der Waals surface area contributed by atoms with E-state index in [-0.39, 0.29) is 23.3 Å². The average molecular weight is 461 g/mol. The van der Waals surface area contributed by atoms with Gasteiger partial charge in [-0.3, -0.25) is 9.59 Å². The van der Waals surface area contributed by atoms with Gasteiger partial charge in [-0.05, 0) is 61.4 Å². The number of nitrogens with zero attached hydrogens (tertiary/aromatic N) is 2. The quantitative estimate of drug-likeness (QED) is 0.747. The third kappa shape index (κ3) is 5.65. The fourth-order valence-corrected chi connectivity index (χ4v) is 4.15. The second kappa shape index (κ2) is 9.82. The Balaban J connectivity index is 1.27. The van der Waals surface area contributed by atoms with Gasteiger partial charge in [0.1, 0.15) is 0 Å². The number of rotatable bonds is 4. The summed E-state index contributed by atoms with van der Waals surface area (Å²) < 4.78 is 43.5. The first kappa shape index (κ1) is 23.1. The zero-order chi connectivity index (χ0) is 23.4. The van der Waals surface area contributed by atoms with Crippen molar-refractivity contribution < 1.29 is 27.5 Å². The zero-order valence-electron chi connectivity index (χ0n) is 18.1. The largest absolute Gasteiger partial charge is 0.416 e. The van der Waals surface area contributed by atoms with Gasteiger partial charge in [-0.15, -0.1) is 0 Å². The third-order valence-electron chi connectivity index (χ3n) is 6.12. The monoisotopic (exact) mass is 461 g/mol. The molecule has 0 radical (unpaired) electrons. The smallest absolute Gasteiger partial charge is 0.378 e. The number of carbonyl (C=O) groups is 2. The fraction of sp³-hybridized carbons (Fsp3) is 0.417. The van der Waals surface area contributed by atoms with E-state index < -0.39 is 11.7 Å². The van der Waals surface area contributed by atoms with Gasteiger partial charge >= 0.3 is 6.18 Å². The summed E-state index contributed by atoms with van der Waals surface area (Å²) in [6.45, 7) is 3.86. The van der Waals surface area contributed by atoms with Crippen LogP contribution in [0.4, 0.5) is 24.5 Å². The van der Waals surface area contributed by atoms with E-state index in [1.165, 1.54) is 12.1 Å². The summed E-state index contributed by atoms with van der Waals surface area (Å²) in [5, 5.41) is 2.95. The highest BCUT2D eigenvalue weighted by molar-refractivity contribution is 5.95. The fourth-order valence-electron chi connectivity index (χ4n) is 4.15. The molecule has 0 unspecified atom stereocenters. The molecule has 2 amide bonds. The van der Waals surface area contributed by atoms with Crippen molar-refractivity contribution in [3.63, 3.8) is 0 Å². The highest BCUT2D eigenvalue weighted by atomic mass is 19.4. The highest BCUT2D eigenvalue weighted by Crippen LogP contribution is 2.29. The molecule has 33 heavy (non-hydrogen) atoms. The third-order valence-corrected chi connectivity index (χ3v) is 6.12. The van der Waals surface area contributed by atoms with Crippen molar-refractivity contribution in [3.8, 4) is 0 Å². The minimum absolute atomic E-state index is 0.0873. The molecule has 6 nitrogen and oxygen atoms in total. The molecule has 2 aromatic rings. The Morgan fingerprint density at radius 3 is 2.06 bits per heavy atom. The van der Waals surface area contributed by atoms with Crippen molar-refractivity contribution in [3.05, 3.63) is 59.7 Å². The predicted molar refractivity (Wildman–Crippen MR) is 118 cm³/mol. The van der Waals surface area contributed by atoms with Crippen molar-refractivity contribution in [1.82, 2.24) is 4.90 Å². The van der Waals surface area contributed by atoms with Crippen LogP contribution in [0.15, 0.2) is 48.5 Å². The Bertz CT molecular complexity index is 963. The molecule has 0 bridgehead atoms. The number of amides is 2. The van der Waals surface area contributed by atoms with Gasteiger partial charge in [-0.1, -0.05) is 0 Å². The number of benzene rings is 2. The second-order valence-electron chi connectivity index (χ2n) is 8.28. The van der Waals surface area contributed by atoms with Crippen LogP contribution in [0.5, 0.6) is 0 Å². The number of anilines is 2. The number of likely N-dealkylation sites (tertiary alicyclic amines) is 1. The number of ether oxygens (including phenoxy) is 1. The molecule has 2 aliphatic heterocycles. The van der Waals surface area contributed by atoms with E-state index in [1.54, 1.807) is 4.90 Å². The Hall–Kier alpha value is -3.07. The summed E-state index contributed by atoms with van der Waals surface area (Å²) in [6.07, 6.45) is -3.43. The molecule has 176 valence electrons. The van der Waals surface area contributed by atoms with E-state index in [0.717, 1.165) is 36.6 Å². The van der Waals surface area contributed by atoms with E-state index in [2.05, 4.69) is 10.2 Å². The maximum absolute atomic E-state index is 12.7. The van der Waals surface area contributed by atoms with Gasteiger partial charge in [0.05, 0.1) is 18.8 Å². The van der Waals surface area contributed by atoms with E-state index >= 15 is 0 Å². The molecular formula is C24H26F3N3O3. The molecule has 2 heterocycles. The molecule has 0 spiro atoms. The maximum atomic E-state index is 12.7. The molecule has 4 rings (SSSR count). The maximum Gasteiger partial charge on any atom is 0.416 e. The Kier molecular flexibility index (Phi) is 6.88. The van der Waals surface area contributed by atoms with E-state index in [9.17, 15) is 22.8 Å². The lowest BCUT2D eigenvalue weighted by Gasteiger charge is -2.31. The summed E-state index contributed by atoms with van der Waals surface area (Å²) in [6, 6.07) is 11.9. The summed E-state index contributed by atoms with van der Waals surface area (Å²) in [5.41, 5.74) is 1.24. The van der Waals surface area contributed by atoms with Crippen LogP contribution in [0, 0.1) is 5.92 Å². The van der Waals surface area contributed by atoms with Gasteiger partial charge < -0.3 is 19.9 Å². The summed E-state index contributed by atoms with van der Waals surface area (Å²) in [4.78, 5) is 29.1. The standard InChI is InChI=1S/C24H26F3N3O3/c25-24(26,27)19-3-1-18(2-4-19)23(32)30-11-9-17(10-12-30)22(31)28-20-5-7-21(8-6-20)29-13-15-33-16-14-29/h1-8,17H,9-16H2,(H,28,31). The lowest BCUT2D eigenvalue weighted by Crippen LogP contribution is -2.41. The molecule has 0 saturated carbocycles. The lowest BCUT2D eigenvalue weighted by molar-refractivity contribution is -0.137. The molecule has 9 heteroatoms. The highest BCUT2D eigenvalue weighted by Gasteiger charge is 2.31. The summed E-state index contributed by atoms with van der Waals surface area (Å²) >= 11 is 0. The van der Waals surface area contributed by atoms with E-state index in [0.29, 0.717) is 39.1 Å². The number of carbonyl (C=O) groups excluding carboxylic acids is 2. The molecule has 2 aliphatic rings. The zero-order valence-corrected chi connectivity index (χ0v) is 18.1. The summed E-state index contributed by atoms with van der Waals surface area (Å²) in [7, 11) is 0. The van der Waals surface area contributed by atoms with E-state index in [4.69, 9.17) is 4.74 Å². The van der Waals surface area contributed by atoms with Gasteiger partial charge in [0.15, 0.2) is 0 Å². The minimum atomic E-state index is -4.43.